The predicted molar refractivity (Wildman–Crippen MR) is 75.6 cm³/mol. The van der Waals surface area contributed by atoms with Crippen molar-refractivity contribution in [2.45, 2.75) is 25.8 Å². The third-order valence-corrected chi connectivity index (χ3v) is 3.73. The maximum atomic E-state index is 14.0. The normalized spacial score (nSPS) is 17.2. The third-order valence-electron chi connectivity index (χ3n) is 3.73. The summed E-state index contributed by atoms with van der Waals surface area (Å²) in [6.45, 7) is 4.06. The van der Waals surface area contributed by atoms with E-state index in [-0.39, 0.29) is 12.4 Å². The van der Waals surface area contributed by atoms with Crippen LogP contribution in [0.5, 0.6) is 0 Å². The summed E-state index contributed by atoms with van der Waals surface area (Å²) >= 11 is 0. The van der Waals surface area contributed by atoms with Gasteiger partial charge in [-0.05, 0) is 6.42 Å². The molecule has 0 unspecified atom stereocenters. The Morgan fingerprint density at radius 3 is 1.82 bits per heavy atom. The van der Waals surface area contributed by atoms with E-state index in [9.17, 15) is 22.0 Å². The second-order valence-electron chi connectivity index (χ2n) is 5.07. The van der Waals surface area contributed by atoms with Gasteiger partial charge in [0.2, 0.25) is 5.82 Å². The zero-order valence-corrected chi connectivity index (χ0v) is 12.9. The van der Waals surface area contributed by atoms with Gasteiger partial charge in [-0.15, -0.1) is 12.4 Å². The van der Waals surface area contributed by atoms with Gasteiger partial charge < -0.3 is 5.32 Å². The van der Waals surface area contributed by atoms with E-state index in [1.165, 1.54) is 0 Å². The van der Waals surface area contributed by atoms with Crippen LogP contribution in [0.15, 0.2) is 0 Å². The summed E-state index contributed by atoms with van der Waals surface area (Å²) in [7, 11) is 0. The molecule has 1 aromatic carbocycles. The van der Waals surface area contributed by atoms with E-state index in [0.29, 0.717) is 39.0 Å². The van der Waals surface area contributed by atoms with Gasteiger partial charge in [-0.2, -0.15) is 0 Å². The van der Waals surface area contributed by atoms with Gasteiger partial charge in [-0.25, -0.2) is 22.0 Å². The number of piperazine rings is 1. The number of rotatable bonds is 4. The molecule has 0 aromatic heterocycles. The largest absolute Gasteiger partial charge is 0.314 e. The van der Waals surface area contributed by atoms with Crippen LogP contribution < -0.4 is 5.32 Å². The van der Waals surface area contributed by atoms with Gasteiger partial charge >= 0.3 is 0 Å². The summed E-state index contributed by atoms with van der Waals surface area (Å²) in [5.41, 5.74) is -0.713. The van der Waals surface area contributed by atoms with Crippen LogP contribution in [-0.4, -0.2) is 31.1 Å². The molecule has 1 aliphatic rings. The molecular formula is C14H18ClF5N2. The Morgan fingerprint density at radius 2 is 1.36 bits per heavy atom. The summed E-state index contributed by atoms with van der Waals surface area (Å²) in [6.07, 6.45) is 0.909. The minimum Gasteiger partial charge on any atom is -0.314 e. The minimum atomic E-state index is -2.11. The van der Waals surface area contributed by atoms with Crippen molar-refractivity contribution in [3.8, 4) is 0 Å². The van der Waals surface area contributed by atoms with Crippen LogP contribution in [0, 0.1) is 29.1 Å². The molecule has 1 aliphatic heterocycles. The molecule has 1 fully saturated rings. The molecule has 1 heterocycles. The van der Waals surface area contributed by atoms with E-state index in [4.69, 9.17) is 0 Å². The number of benzene rings is 1. The molecule has 1 N–H and O–H groups in total. The SMILES string of the molecule is CCC[C@H](c1c(F)c(F)c(F)c(F)c1F)N1CCNCC1.Cl. The molecule has 2 nitrogen and oxygen atoms in total. The van der Waals surface area contributed by atoms with Crippen LogP contribution in [0.1, 0.15) is 31.4 Å². The van der Waals surface area contributed by atoms with Gasteiger partial charge in [0.25, 0.3) is 0 Å². The van der Waals surface area contributed by atoms with Crippen molar-refractivity contribution in [2.24, 2.45) is 0 Å². The van der Waals surface area contributed by atoms with Gasteiger partial charge in [0.15, 0.2) is 23.3 Å². The highest BCUT2D eigenvalue weighted by Gasteiger charge is 2.33. The van der Waals surface area contributed by atoms with Crippen molar-refractivity contribution in [3.05, 3.63) is 34.6 Å². The number of hydrogen-bond acceptors (Lipinski definition) is 2. The molecule has 0 spiro atoms. The maximum Gasteiger partial charge on any atom is 0.200 e. The van der Waals surface area contributed by atoms with Crippen molar-refractivity contribution in [2.75, 3.05) is 26.2 Å². The highest BCUT2D eigenvalue weighted by Crippen LogP contribution is 2.33. The van der Waals surface area contributed by atoms with E-state index < -0.39 is 40.7 Å². The monoisotopic (exact) mass is 344 g/mol. The lowest BCUT2D eigenvalue weighted by Gasteiger charge is -2.35. The second kappa shape index (κ2) is 8.08. The molecule has 0 saturated carbocycles. The molecule has 22 heavy (non-hydrogen) atoms. The average molecular weight is 345 g/mol. The molecule has 1 atom stereocenters. The molecule has 0 bridgehead atoms. The Morgan fingerprint density at radius 1 is 0.909 bits per heavy atom. The van der Waals surface area contributed by atoms with Crippen LogP contribution in [0.3, 0.4) is 0 Å². The van der Waals surface area contributed by atoms with E-state index in [1.807, 2.05) is 0 Å². The second-order valence-corrected chi connectivity index (χ2v) is 5.07. The number of nitrogens with one attached hydrogen (secondary N) is 1. The summed E-state index contributed by atoms with van der Waals surface area (Å²) in [6, 6.07) is -0.804. The predicted octanol–water partition coefficient (Wildman–Crippen LogP) is 3.55. The van der Waals surface area contributed by atoms with Crippen LogP contribution in [-0.2, 0) is 0 Å². The van der Waals surface area contributed by atoms with E-state index in [2.05, 4.69) is 5.32 Å². The fraction of sp³-hybridized carbons (Fsp3) is 0.571. The van der Waals surface area contributed by atoms with E-state index in [1.54, 1.807) is 11.8 Å². The zero-order valence-electron chi connectivity index (χ0n) is 12.1. The standard InChI is InChI=1S/C14H17F5N2.ClH/c1-2-3-8(21-6-4-20-5-7-21)9-10(15)12(17)14(19)13(18)11(9)16;/h8,20H,2-7H2,1H3;1H/t8-;/m1./s1. The molecule has 126 valence electrons. The lowest BCUT2D eigenvalue weighted by molar-refractivity contribution is 0.155. The van der Waals surface area contributed by atoms with Gasteiger partial charge in [0.1, 0.15) is 0 Å². The van der Waals surface area contributed by atoms with Crippen molar-refractivity contribution in [1.29, 1.82) is 0 Å². The molecule has 0 radical (unpaired) electrons. The topological polar surface area (TPSA) is 15.3 Å². The molecule has 0 aliphatic carbocycles. The molecule has 0 amide bonds. The third kappa shape index (κ3) is 3.52. The van der Waals surface area contributed by atoms with Crippen molar-refractivity contribution >= 4 is 12.4 Å². The maximum absolute atomic E-state index is 14.0. The number of hydrogen-bond donors (Lipinski definition) is 1. The number of nitrogens with zero attached hydrogens (tertiary/aromatic N) is 1. The molecular weight excluding hydrogens is 327 g/mol. The van der Waals surface area contributed by atoms with Gasteiger partial charge in [0.05, 0.1) is 0 Å². The summed E-state index contributed by atoms with van der Waals surface area (Å²) < 4.78 is 67.8. The molecule has 1 saturated heterocycles. The first-order valence-corrected chi connectivity index (χ1v) is 6.95. The first kappa shape index (κ1) is 19.1. The lowest BCUT2D eigenvalue weighted by atomic mass is 9.98. The first-order chi connectivity index (χ1) is 9.99. The Labute approximate surface area is 132 Å². The highest BCUT2D eigenvalue weighted by molar-refractivity contribution is 5.85. The molecule has 8 heteroatoms. The fourth-order valence-corrected chi connectivity index (χ4v) is 2.69. The number of halogens is 6. The Bertz CT molecular complexity index is 491. The fourth-order valence-electron chi connectivity index (χ4n) is 2.69. The van der Waals surface area contributed by atoms with Crippen LogP contribution in [0.2, 0.25) is 0 Å². The van der Waals surface area contributed by atoms with Crippen LogP contribution in [0.4, 0.5) is 22.0 Å². The smallest absolute Gasteiger partial charge is 0.200 e. The van der Waals surface area contributed by atoms with E-state index in [0.717, 1.165) is 0 Å². The van der Waals surface area contributed by atoms with Crippen molar-refractivity contribution < 1.29 is 22.0 Å². The van der Waals surface area contributed by atoms with Crippen molar-refractivity contribution in [3.63, 3.8) is 0 Å². The van der Waals surface area contributed by atoms with Crippen LogP contribution >= 0.6 is 12.4 Å². The van der Waals surface area contributed by atoms with Crippen LogP contribution in [0.25, 0.3) is 0 Å². The summed E-state index contributed by atoms with van der Waals surface area (Å²) in [5.74, 6) is -9.30. The Kier molecular flexibility index (Phi) is 7.02. The Balaban J connectivity index is 0.00000242. The molecule has 1 aromatic rings. The van der Waals surface area contributed by atoms with Gasteiger partial charge in [0, 0.05) is 37.8 Å². The van der Waals surface area contributed by atoms with Gasteiger partial charge in [-0.1, -0.05) is 13.3 Å². The lowest BCUT2D eigenvalue weighted by Crippen LogP contribution is -2.45. The minimum absolute atomic E-state index is 0. The Hall–Kier alpha value is -0.920. The van der Waals surface area contributed by atoms with Crippen molar-refractivity contribution in [1.82, 2.24) is 10.2 Å². The highest BCUT2D eigenvalue weighted by atomic mass is 35.5. The average Bonchev–Trinajstić information content (AvgIpc) is 2.51. The van der Waals surface area contributed by atoms with Gasteiger partial charge in [-0.3, -0.25) is 4.90 Å². The summed E-state index contributed by atoms with van der Waals surface area (Å²) in [5, 5.41) is 3.09. The first-order valence-electron chi connectivity index (χ1n) is 6.95. The zero-order chi connectivity index (χ0) is 15.6. The quantitative estimate of drug-likeness (QED) is 0.510. The summed E-state index contributed by atoms with van der Waals surface area (Å²) in [4.78, 5) is 1.76. The molecule has 2 rings (SSSR count). The van der Waals surface area contributed by atoms with E-state index >= 15 is 0 Å².